The topological polar surface area (TPSA) is 107 Å². The summed E-state index contributed by atoms with van der Waals surface area (Å²) in [5.74, 6) is -2.96. The standard InChI is InChI=1S/C25H24F2N6O2S/c1-2-36(34,35)32-14-6-9-20(15-32)33-24-21(23(28)29-16-30-24)22(31-33)17-10-12-19(13-11-17)25(26,27)18-7-4-3-5-8-18/h2-5,7-8,10-13,16,20H,1,6,9,14-15H2,(H2,28,29,30)/t20-/m1/s1. The molecule has 2 N–H and O–H groups in total. The Kier molecular flexibility index (Phi) is 6.05. The van der Waals surface area contributed by atoms with Gasteiger partial charge in [-0.25, -0.2) is 23.1 Å². The molecule has 0 saturated carbocycles. The van der Waals surface area contributed by atoms with Crippen LogP contribution in [-0.4, -0.2) is 45.6 Å². The van der Waals surface area contributed by atoms with Gasteiger partial charge >= 0.3 is 0 Å². The number of nitrogens with zero attached hydrogens (tertiary/aromatic N) is 5. The van der Waals surface area contributed by atoms with Crippen LogP contribution >= 0.6 is 0 Å². The summed E-state index contributed by atoms with van der Waals surface area (Å²) in [6.07, 6.45) is 2.65. The lowest BCUT2D eigenvalue weighted by atomic mass is 9.98. The minimum atomic E-state index is -3.58. The predicted molar refractivity (Wildman–Crippen MR) is 134 cm³/mol. The molecule has 3 heterocycles. The molecule has 0 amide bonds. The first-order valence-corrected chi connectivity index (χ1v) is 12.9. The van der Waals surface area contributed by atoms with E-state index in [9.17, 15) is 8.42 Å². The van der Waals surface area contributed by atoms with Crippen molar-refractivity contribution < 1.29 is 17.2 Å². The summed E-state index contributed by atoms with van der Waals surface area (Å²) in [6, 6.07) is 13.2. The third-order valence-electron chi connectivity index (χ3n) is 6.45. The van der Waals surface area contributed by atoms with Gasteiger partial charge in [0.15, 0.2) is 5.65 Å². The van der Waals surface area contributed by atoms with Crippen LogP contribution in [0.1, 0.15) is 30.0 Å². The number of rotatable bonds is 6. The predicted octanol–water partition coefficient (Wildman–Crippen LogP) is 4.33. The Morgan fingerprint density at radius 2 is 1.75 bits per heavy atom. The van der Waals surface area contributed by atoms with E-state index < -0.39 is 15.9 Å². The van der Waals surface area contributed by atoms with E-state index in [1.807, 2.05) is 0 Å². The highest BCUT2D eigenvalue weighted by molar-refractivity contribution is 7.92. The van der Waals surface area contributed by atoms with Gasteiger partial charge in [-0.05, 0) is 12.8 Å². The second-order valence-electron chi connectivity index (χ2n) is 8.63. The second-order valence-corrected chi connectivity index (χ2v) is 10.5. The van der Waals surface area contributed by atoms with Crippen molar-refractivity contribution in [1.82, 2.24) is 24.1 Å². The Bertz CT molecular complexity index is 1520. The van der Waals surface area contributed by atoms with Crippen molar-refractivity contribution in [3.05, 3.63) is 84.0 Å². The summed E-state index contributed by atoms with van der Waals surface area (Å²) in [5, 5.41) is 6.16. The second kappa shape index (κ2) is 9.07. The summed E-state index contributed by atoms with van der Waals surface area (Å²) >= 11 is 0. The minimum absolute atomic E-state index is 0.0959. The highest BCUT2D eigenvalue weighted by Gasteiger charge is 2.34. The van der Waals surface area contributed by atoms with E-state index in [1.54, 1.807) is 35.0 Å². The van der Waals surface area contributed by atoms with Crippen LogP contribution in [0.15, 0.2) is 72.9 Å². The van der Waals surface area contributed by atoms with Gasteiger partial charge in [-0.2, -0.15) is 18.2 Å². The number of fused-ring (bicyclic) bond motifs is 1. The van der Waals surface area contributed by atoms with E-state index >= 15 is 8.78 Å². The van der Waals surface area contributed by atoms with Gasteiger partial charge in [0, 0.05) is 35.2 Å². The summed E-state index contributed by atoms with van der Waals surface area (Å²) < 4.78 is 57.8. The van der Waals surface area contributed by atoms with Crippen LogP contribution in [0.4, 0.5) is 14.6 Å². The summed E-state index contributed by atoms with van der Waals surface area (Å²) in [5.41, 5.74) is 7.41. The molecule has 5 rings (SSSR count). The molecule has 0 spiro atoms. The number of nitrogen functional groups attached to an aromatic ring is 1. The Hall–Kier alpha value is -3.70. The molecule has 0 radical (unpaired) electrons. The SMILES string of the molecule is C=CS(=O)(=O)N1CCC[C@@H](n2nc(-c3ccc(C(F)(F)c4ccccc4)cc3)c3c(N)ncnc32)C1. The zero-order valence-electron chi connectivity index (χ0n) is 19.3. The Balaban J connectivity index is 1.55. The maximum Gasteiger partial charge on any atom is 0.298 e. The number of halogens is 2. The van der Waals surface area contributed by atoms with Crippen LogP contribution in [0.3, 0.4) is 0 Å². The summed E-state index contributed by atoms with van der Waals surface area (Å²) in [7, 11) is -3.58. The average Bonchev–Trinajstić information content (AvgIpc) is 3.30. The molecule has 4 aromatic rings. The van der Waals surface area contributed by atoms with Crippen LogP contribution in [0, 0.1) is 0 Å². The lowest BCUT2D eigenvalue weighted by molar-refractivity contribution is 0.0428. The Labute approximate surface area is 207 Å². The first-order valence-electron chi connectivity index (χ1n) is 11.4. The van der Waals surface area contributed by atoms with Crippen molar-refractivity contribution in [3.8, 4) is 11.3 Å². The van der Waals surface area contributed by atoms with Gasteiger partial charge in [0.2, 0.25) is 10.0 Å². The van der Waals surface area contributed by atoms with Crippen LogP contribution < -0.4 is 5.73 Å². The quantitative estimate of drug-likeness (QED) is 0.414. The number of alkyl halides is 2. The molecule has 2 aromatic heterocycles. The van der Waals surface area contributed by atoms with Crippen LogP contribution in [0.25, 0.3) is 22.3 Å². The number of sulfonamides is 1. The van der Waals surface area contributed by atoms with Gasteiger partial charge in [-0.1, -0.05) is 61.2 Å². The van der Waals surface area contributed by atoms with E-state index in [0.29, 0.717) is 41.7 Å². The van der Waals surface area contributed by atoms with Crippen LogP contribution in [0.2, 0.25) is 0 Å². The van der Waals surface area contributed by atoms with Gasteiger partial charge in [-0.3, -0.25) is 0 Å². The minimum Gasteiger partial charge on any atom is -0.383 e. The summed E-state index contributed by atoms with van der Waals surface area (Å²) in [6.45, 7) is 4.01. The largest absolute Gasteiger partial charge is 0.383 e. The number of hydrogen-bond acceptors (Lipinski definition) is 6. The molecule has 2 aromatic carbocycles. The van der Waals surface area contributed by atoms with E-state index in [2.05, 4.69) is 16.5 Å². The molecule has 36 heavy (non-hydrogen) atoms. The molecule has 1 saturated heterocycles. The Morgan fingerprint density at radius 1 is 1.06 bits per heavy atom. The average molecular weight is 511 g/mol. The van der Waals surface area contributed by atoms with E-state index in [0.717, 1.165) is 5.41 Å². The van der Waals surface area contributed by atoms with Crippen LogP contribution in [-0.2, 0) is 15.9 Å². The monoisotopic (exact) mass is 510 g/mol. The highest BCUT2D eigenvalue weighted by atomic mass is 32.2. The zero-order valence-corrected chi connectivity index (χ0v) is 20.1. The molecule has 11 heteroatoms. The molecule has 1 atom stereocenters. The maximum absolute atomic E-state index is 15.0. The van der Waals surface area contributed by atoms with Gasteiger partial charge in [-0.15, -0.1) is 0 Å². The fraction of sp³-hybridized carbons (Fsp3) is 0.240. The fourth-order valence-electron chi connectivity index (χ4n) is 4.56. The molecule has 1 aliphatic heterocycles. The third-order valence-corrected chi connectivity index (χ3v) is 7.92. The summed E-state index contributed by atoms with van der Waals surface area (Å²) in [4.78, 5) is 8.46. The lowest BCUT2D eigenvalue weighted by Crippen LogP contribution is -2.40. The molecule has 1 aliphatic rings. The van der Waals surface area contributed by atoms with Crippen molar-refractivity contribution in [3.63, 3.8) is 0 Å². The Morgan fingerprint density at radius 3 is 2.44 bits per heavy atom. The van der Waals surface area contributed by atoms with Crippen molar-refractivity contribution >= 4 is 26.9 Å². The van der Waals surface area contributed by atoms with Crippen molar-refractivity contribution in [2.75, 3.05) is 18.8 Å². The van der Waals surface area contributed by atoms with Gasteiger partial charge in [0.25, 0.3) is 5.92 Å². The molecular weight excluding hydrogens is 486 g/mol. The molecule has 8 nitrogen and oxygen atoms in total. The number of nitrogens with two attached hydrogens (primary N) is 1. The van der Waals surface area contributed by atoms with Crippen LogP contribution in [0.5, 0.6) is 0 Å². The third kappa shape index (κ3) is 4.14. The lowest BCUT2D eigenvalue weighted by Gasteiger charge is -2.31. The molecule has 1 fully saturated rings. The maximum atomic E-state index is 15.0. The van der Waals surface area contributed by atoms with E-state index in [4.69, 9.17) is 10.8 Å². The fourth-order valence-corrected chi connectivity index (χ4v) is 5.53. The first kappa shape index (κ1) is 24.0. The van der Waals surface area contributed by atoms with E-state index in [-0.39, 0.29) is 29.5 Å². The molecule has 0 bridgehead atoms. The van der Waals surface area contributed by atoms with Crippen molar-refractivity contribution in [1.29, 1.82) is 0 Å². The number of piperidine rings is 1. The van der Waals surface area contributed by atoms with Crippen molar-refractivity contribution in [2.45, 2.75) is 24.8 Å². The smallest absolute Gasteiger partial charge is 0.298 e. The normalized spacial score (nSPS) is 17.3. The first-order chi connectivity index (χ1) is 17.2. The van der Waals surface area contributed by atoms with E-state index in [1.165, 1.54) is 34.9 Å². The van der Waals surface area contributed by atoms with Gasteiger partial charge in [0.05, 0.1) is 11.4 Å². The van der Waals surface area contributed by atoms with Crippen molar-refractivity contribution in [2.24, 2.45) is 0 Å². The molecule has 186 valence electrons. The molecule has 0 aliphatic carbocycles. The van der Waals surface area contributed by atoms with Gasteiger partial charge in [0.1, 0.15) is 17.8 Å². The number of anilines is 1. The number of hydrogen-bond donors (Lipinski definition) is 1. The highest BCUT2D eigenvalue weighted by Crippen LogP contribution is 2.38. The number of benzene rings is 2. The van der Waals surface area contributed by atoms with Gasteiger partial charge < -0.3 is 5.73 Å². The number of aromatic nitrogens is 4. The molecule has 0 unspecified atom stereocenters. The zero-order chi connectivity index (χ0) is 25.5. The molecular formula is C25H24F2N6O2S.